The van der Waals surface area contributed by atoms with Crippen molar-refractivity contribution in [2.24, 2.45) is 0 Å². The summed E-state index contributed by atoms with van der Waals surface area (Å²) in [7, 11) is 0. The summed E-state index contributed by atoms with van der Waals surface area (Å²) < 4.78 is 16.8. The Morgan fingerprint density at radius 1 is 0.344 bits per heavy atom. The lowest BCUT2D eigenvalue weighted by Gasteiger charge is -2.18. The zero-order valence-corrected chi connectivity index (χ0v) is 40.7. The van der Waals surface area contributed by atoms with Gasteiger partial charge in [-0.25, -0.2) is 0 Å². The van der Waals surface area contributed by atoms with Gasteiger partial charge in [-0.05, 0) is 51.4 Å². The fourth-order valence-corrected chi connectivity index (χ4v) is 7.69. The van der Waals surface area contributed by atoms with E-state index in [0.717, 1.165) is 83.5 Å². The number of carbonyl (C=O) groups excluding carboxylic acids is 3. The molecule has 0 fully saturated rings. The maximum absolute atomic E-state index is 12.8. The summed E-state index contributed by atoms with van der Waals surface area (Å²) in [6.07, 6.45) is 58.5. The molecule has 0 amide bonds. The van der Waals surface area contributed by atoms with E-state index in [1.807, 2.05) is 0 Å². The first-order valence-corrected chi connectivity index (χ1v) is 26.5. The standard InChI is InChI=1S/C55H100O6/c1-4-7-10-13-16-19-22-25-26-27-28-29-31-33-36-39-42-45-48-54(57)60-51-52(50-59-53(56)47-44-41-38-35-32-24-21-18-15-12-9-6-3)61-55(58)49-46-43-40-37-34-30-23-20-17-14-11-8-5-2/h8,11,17,20,30,34,52H,4-7,9-10,12-16,18-19,21-29,31-33,35-51H2,1-3H3/b11-8-,20-17-,34-30-. The smallest absolute Gasteiger partial charge is 0.306 e. The van der Waals surface area contributed by atoms with Gasteiger partial charge in [-0.15, -0.1) is 0 Å². The normalized spacial score (nSPS) is 12.2. The van der Waals surface area contributed by atoms with Crippen LogP contribution in [-0.4, -0.2) is 37.2 Å². The lowest BCUT2D eigenvalue weighted by Crippen LogP contribution is -2.30. The van der Waals surface area contributed by atoms with Gasteiger partial charge in [-0.1, -0.05) is 243 Å². The van der Waals surface area contributed by atoms with E-state index in [2.05, 4.69) is 57.2 Å². The van der Waals surface area contributed by atoms with Gasteiger partial charge in [0, 0.05) is 19.3 Å². The van der Waals surface area contributed by atoms with Crippen molar-refractivity contribution in [3.8, 4) is 0 Å². The molecule has 0 N–H and O–H groups in total. The van der Waals surface area contributed by atoms with Gasteiger partial charge in [0.25, 0.3) is 0 Å². The summed E-state index contributed by atoms with van der Waals surface area (Å²) in [5.41, 5.74) is 0. The van der Waals surface area contributed by atoms with Crippen LogP contribution < -0.4 is 0 Å². The highest BCUT2D eigenvalue weighted by atomic mass is 16.6. The van der Waals surface area contributed by atoms with Crippen LogP contribution in [0.2, 0.25) is 0 Å². The lowest BCUT2D eigenvalue weighted by molar-refractivity contribution is -0.167. The van der Waals surface area contributed by atoms with E-state index >= 15 is 0 Å². The van der Waals surface area contributed by atoms with Crippen molar-refractivity contribution in [2.75, 3.05) is 13.2 Å². The third-order valence-electron chi connectivity index (χ3n) is 11.7. The van der Waals surface area contributed by atoms with Gasteiger partial charge in [0.2, 0.25) is 0 Å². The van der Waals surface area contributed by atoms with Gasteiger partial charge in [0.15, 0.2) is 6.10 Å². The zero-order valence-electron chi connectivity index (χ0n) is 40.7. The molecule has 0 aromatic rings. The van der Waals surface area contributed by atoms with Gasteiger partial charge >= 0.3 is 17.9 Å². The van der Waals surface area contributed by atoms with Crippen LogP contribution in [0.25, 0.3) is 0 Å². The van der Waals surface area contributed by atoms with Crippen LogP contribution >= 0.6 is 0 Å². The minimum atomic E-state index is -0.781. The van der Waals surface area contributed by atoms with Crippen LogP contribution in [0.5, 0.6) is 0 Å². The van der Waals surface area contributed by atoms with E-state index in [-0.39, 0.29) is 31.1 Å². The summed E-state index contributed by atoms with van der Waals surface area (Å²) in [6.45, 7) is 6.53. The molecule has 0 aliphatic rings. The molecular weight excluding hydrogens is 757 g/mol. The summed E-state index contributed by atoms with van der Waals surface area (Å²) in [4.78, 5) is 37.9. The molecule has 356 valence electrons. The van der Waals surface area contributed by atoms with E-state index < -0.39 is 6.10 Å². The molecule has 0 spiro atoms. The largest absolute Gasteiger partial charge is 0.462 e. The molecule has 0 aliphatic heterocycles. The first-order chi connectivity index (χ1) is 30.0. The van der Waals surface area contributed by atoms with Crippen LogP contribution in [-0.2, 0) is 28.6 Å². The molecule has 0 aromatic carbocycles. The molecule has 6 heteroatoms. The van der Waals surface area contributed by atoms with Crippen LogP contribution in [0.4, 0.5) is 0 Å². The average molecular weight is 857 g/mol. The van der Waals surface area contributed by atoms with Crippen molar-refractivity contribution < 1.29 is 28.6 Å². The number of rotatable bonds is 48. The minimum Gasteiger partial charge on any atom is -0.462 e. The highest BCUT2D eigenvalue weighted by Gasteiger charge is 2.19. The van der Waals surface area contributed by atoms with E-state index in [4.69, 9.17) is 14.2 Å². The molecule has 0 bridgehead atoms. The second kappa shape index (κ2) is 50.3. The van der Waals surface area contributed by atoms with Gasteiger partial charge in [-0.2, -0.15) is 0 Å². The molecule has 0 rings (SSSR count). The van der Waals surface area contributed by atoms with Crippen molar-refractivity contribution in [2.45, 2.75) is 284 Å². The Kier molecular flexibility index (Phi) is 48.3. The maximum atomic E-state index is 12.8. The van der Waals surface area contributed by atoms with Crippen molar-refractivity contribution >= 4 is 17.9 Å². The Morgan fingerprint density at radius 3 is 1.00 bits per heavy atom. The van der Waals surface area contributed by atoms with E-state index in [1.165, 1.54) is 154 Å². The van der Waals surface area contributed by atoms with Crippen molar-refractivity contribution in [1.82, 2.24) is 0 Å². The molecule has 0 aliphatic carbocycles. The molecule has 0 aromatic heterocycles. The highest BCUT2D eigenvalue weighted by molar-refractivity contribution is 5.71. The van der Waals surface area contributed by atoms with Gasteiger partial charge in [-0.3, -0.25) is 14.4 Å². The van der Waals surface area contributed by atoms with Gasteiger partial charge in [0.1, 0.15) is 13.2 Å². The number of allylic oxidation sites excluding steroid dienone is 6. The second-order valence-electron chi connectivity index (χ2n) is 17.8. The third-order valence-corrected chi connectivity index (χ3v) is 11.7. The first kappa shape index (κ1) is 58.6. The minimum absolute atomic E-state index is 0.0797. The van der Waals surface area contributed by atoms with Crippen molar-refractivity contribution in [3.05, 3.63) is 36.5 Å². The Balaban J connectivity index is 4.33. The van der Waals surface area contributed by atoms with Crippen LogP contribution in [0, 0.1) is 0 Å². The molecule has 1 unspecified atom stereocenters. The quantitative estimate of drug-likeness (QED) is 0.0262. The number of esters is 3. The fourth-order valence-electron chi connectivity index (χ4n) is 7.69. The van der Waals surface area contributed by atoms with E-state index in [0.29, 0.717) is 19.3 Å². The van der Waals surface area contributed by atoms with Gasteiger partial charge < -0.3 is 14.2 Å². The Hall–Kier alpha value is -2.37. The highest BCUT2D eigenvalue weighted by Crippen LogP contribution is 2.16. The number of carbonyl (C=O) groups is 3. The topological polar surface area (TPSA) is 78.9 Å². The molecule has 1 atom stereocenters. The van der Waals surface area contributed by atoms with Gasteiger partial charge in [0.05, 0.1) is 0 Å². The molecule has 6 nitrogen and oxygen atoms in total. The number of ether oxygens (including phenoxy) is 3. The van der Waals surface area contributed by atoms with E-state index in [9.17, 15) is 14.4 Å². The summed E-state index contributed by atoms with van der Waals surface area (Å²) in [5.74, 6) is -0.897. The molecule has 61 heavy (non-hydrogen) atoms. The first-order valence-electron chi connectivity index (χ1n) is 26.5. The van der Waals surface area contributed by atoms with Crippen LogP contribution in [0.15, 0.2) is 36.5 Å². The predicted octanol–water partition coefficient (Wildman–Crippen LogP) is 17.3. The monoisotopic (exact) mass is 857 g/mol. The fraction of sp³-hybridized carbons (Fsp3) is 0.836. The van der Waals surface area contributed by atoms with Crippen LogP contribution in [0.1, 0.15) is 278 Å². The molecule has 0 saturated carbocycles. The molecule has 0 heterocycles. The summed E-state index contributed by atoms with van der Waals surface area (Å²) in [6, 6.07) is 0. The number of hydrogen-bond acceptors (Lipinski definition) is 6. The Morgan fingerprint density at radius 2 is 0.639 bits per heavy atom. The van der Waals surface area contributed by atoms with E-state index in [1.54, 1.807) is 0 Å². The molecule has 0 saturated heterocycles. The lowest BCUT2D eigenvalue weighted by atomic mass is 10.0. The maximum Gasteiger partial charge on any atom is 0.306 e. The zero-order chi connectivity index (χ0) is 44.4. The SMILES string of the molecule is CC/C=C\C/C=C\C/C=C\CCCCCC(=O)OC(COC(=O)CCCCCCCCCCCCCC)COC(=O)CCCCCCCCCCCCCCCCCCCC. The number of hydrogen-bond donors (Lipinski definition) is 0. The number of unbranched alkanes of at least 4 members (excludes halogenated alkanes) is 31. The summed E-state index contributed by atoms with van der Waals surface area (Å²) >= 11 is 0. The summed E-state index contributed by atoms with van der Waals surface area (Å²) in [5, 5.41) is 0. The average Bonchev–Trinajstić information content (AvgIpc) is 3.26. The van der Waals surface area contributed by atoms with Crippen molar-refractivity contribution in [3.63, 3.8) is 0 Å². The molecule has 0 radical (unpaired) electrons. The molecular formula is C55H100O6. The third kappa shape index (κ3) is 48.5. The second-order valence-corrected chi connectivity index (χ2v) is 17.8. The Labute approximate surface area is 378 Å². The predicted molar refractivity (Wildman–Crippen MR) is 261 cm³/mol. The Bertz CT molecular complexity index is 1030. The van der Waals surface area contributed by atoms with Crippen LogP contribution in [0.3, 0.4) is 0 Å². The van der Waals surface area contributed by atoms with Crippen molar-refractivity contribution in [1.29, 1.82) is 0 Å².